The van der Waals surface area contributed by atoms with E-state index in [1.54, 1.807) is 6.20 Å². The standard InChI is InChI=1S/C24H24N6/c1-30(2)21-12-10-20(11-13-21)27-23-15-22(26-17-18-7-6-14-25-16-18)28-24(29-23)19-8-4-3-5-9-19/h3-16H,17H2,1-2H3,(H2,26,27,28,29). The van der Waals surface area contributed by atoms with E-state index in [9.17, 15) is 0 Å². The van der Waals surface area contributed by atoms with Gasteiger partial charge in [0.15, 0.2) is 5.82 Å². The third-order valence-electron chi connectivity index (χ3n) is 4.61. The highest BCUT2D eigenvalue weighted by Gasteiger charge is 2.08. The monoisotopic (exact) mass is 396 g/mol. The molecule has 0 radical (unpaired) electrons. The topological polar surface area (TPSA) is 66.0 Å². The van der Waals surface area contributed by atoms with Crippen LogP contribution in [-0.4, -0.2) is 29.0 Å². The molecule has 0 unspecified atom stereocenters. The lowest BCUT2D eigenvalue weighted by molar-refractivity contribution is 1.07. The Morgan fingerprint density at radius 1 is 0.833 bits per heavy atom. The molecule has 0 atom stereocenters. The third kappa shape index (κ3) is 4.91. The molecule has 2 aromatic heterocycles. The second-order valence-electron chi connectivity index (χ2n) is 7.11. The first-order valence-corrected chi connectivity index (χ1v) is 9.79. The molecule has 2 N–H and O–H groups in total. The summed E-state index contributed by atoms with van der Waals surface area (Å²) in [6.07, 6.45) is 3.61. The first-order chi connectivity index (χ1) is 14.7. The summed E-state index contributed by atoms with van der Waals surface area (Å²) in [4.78, 5) is 15.7. The maximum Gasteiger partial charge on any atom is 0.163 e. The second-order valence-corrected chi connectivity index (χ2v) is 7.11. The van der Waals surface area contributed by atoms with E-state index in [0.29, 0.717) is 12.4 Å². The van der Waals surface area contributed by atoms with Crippen LogP contribution in [0.5, 0.6) is 0 Å². The Hall–Kier alpha value is -3.93. The normalized spacial score (nSPS) is 10.5. The van der Waals surface area contributed by atoms with Crippen molar-refractivity contribution < 1.29 is 0 Å². The SMILES string of the molecule is CN(C)c1ccc(Nc2cc(NCc3cccnc3)nc(-c3ccccc3)n2)cc1. The lowest BCUT2D eigenvalue weighted by atomic mass is 10.2. The average Bonchev–Trinajstić information content (AvgIpc) is 2.79. The molecule has 0 saturated carbocycles. The van der Waals surface area contributed by atoms with Gasteiger partial charge in [-0.05, 0) is 35.9 Å². The lowest BCUT2D eigenvalue weighted by Gasteiger charge is -2.14. The van der Waals surface area contributed by atoms with Gasteiger partial charge in [0.25, 0.3) is 0 Å². The summed E-state index contributed by atoms with van der Waals surface area (Å²) in [6.45, 7) is 0.635. The molecule has 0 aliphatic rings. The highest BCUT2D eigenvalue weighted by Crippen LogP contribution is 2.24. The second kappa shape index (κ2) is 9.05. The van der Waals surface area contributed by atoms with Crippen molar-refractivity contribution >= 4 is 23.0 Å². The van der Waals surface area contributed by atoms with Crippen molar-refractivity contribution in [1.82, 2.24) is 15.0 Å². The van der Waals surface area contributed by atoms with E-state index < -0.39 is 0 Å². The van der Waals surface area contributed by atoms with Crippen LogP contribution < -0.4 is 15.5 Å². The van der Waals surface area contributed by atoms with E-state index in [0.717, 1.165) is 34.1 Å². The molecule has 2 aromatic carbocycles. The number of nitrogens with one attached hydrogen (secondary N) is 2. The molecule has 0 amide bonds. The Labute approximate surface area is 176 Å². The van der Waals surface area contributed by atoms with Crippen LogP contribution >= 0.6 is 0 Å². The number of benzene rings is 2. The first kappa shape index (κ1) is 19.4. The van der Waals surface area contributed by atoms with Gasteiger partial charge in [-0.25, -0.2) is 9.97 Å². The van der Waals surface area contributed by atoms with Crippen molar-refractivity contribution in [2.75, 3.05) is 29.6 Å². The van der Waals surface area contributed by atoms with Gasteiger partial charge in [0.2, 0.25) is 0 Å². The molecule has 0 bridgehead atoms. The predicted molar refractivity (Wildman–Crippen MR) is 123 cm³/mol. The Kier molecular flexibility index (Phi) is 5.85. The number of aromatic nitrogens is 3. The van der Waals surface area contributed by atoms with Crippen molar-refractivity contribution in [1.29, 1.82) is 0 Å². The Bertz CT molecular complexity index is 1080. The average molecular weight is 396 g/mol. The molecule has 0 saturated heterocycles. The number of hydrogen-bond acceptors (Lipinski definition) is 6. The van der Waals surface area contributed by atoms with Crippen LogP contribution in [0.1, 0.15) is 5.56 Å². The minimum Gasteiger partial charge on any atom is -0.378 e. The summed E-state index contributed by atoms with van der Waals surface area (Å²) in [6, 6.07) is 24.1. The van der Waals surface area contributed by atoms with Crippen molar-refractivity contribution in [3.05, 3.63) is 90.8 Å². The summed E-state index contributed by atoms with van der Waals surface area (Å²) in [7, 11) is 4.05. The molecule has 30 heavy (non-hydrogen) atoms. The molecule has 150 valence electrons. The van der Waals surface area contributed by atoms with Crippen LogP contribution in [0.15, 0.2) is 85.2 Å². The molecule has 6 nitrogen and oxygen atoms in total. The molecule has 4 rings (SSSR count). The van der Waals surface area contributed by atoms with Crippen LogP contribution in [-0.2, 0) is 6.54 Å². The molecule has 0 aliphatic carbocycles. The molecular formula is C24H24N6. The third-order valence-corrected chi connectivity index (χ3v) is 4.61. The zero-order valence-corrected chi connectivity index (χ0v) is 17.1. The number of rotatable bonds is 7. The van der Waals surface area contributed by atoms with Gasteiger partial charge in [0.05, 0.1) is 0 Å². The summed E-state index contributed by atoms with van der Waals surface area (Å²) in [5, 5.41) is 6.78. The zero-order valence-electron chi connectivity index (χ0n) is 17.1. The summed E-state index contributed by atoms with van der Waals surface area (Å²) in [5.74, 6) is 2.15. The number of hydrogen-bond donors (Lipinski definition) is 2. The van der Waals surface area contributed by atoms with Gasteiger partial charge in [0, 0.05) is 56.0 Å². The molecule has 0 spiro atoms. The summed E-state index contributed by atoms with van der Waals surface area (Å²) in [5.41, 5.74) is 4.17. The Morgan fingerprint density at radius 2 is 1.60 bits per heavy atom. The van der Waals surface area contributed by atoms with Crippen molar-refractivity contribution in [3.63, 3.8) is 0 Å². The van der Waals surface area contributed by atoms with Gasteiger partial charge in [0.1, 0.15) is 11.6 Å². The summed E-state index contributed by atoms with van der Waals surface area (Å²) < 4.78 is 0. The van der Waals surface area contributed by atoms with Crippen LogP contribution in [0.25, 0.3) is 11.4 Å². The highest BCUT2D eigenvalue weighted by molar-refractivity contribution is 5.66. The van der Waals surface area contributed by atoms with Crippen LogP contribution in [0.4, 0.5) is 23.0 Å². The Balaban J connectivity index is 1.61. The number of anilines is 4. The largest absolute Gasteiger partial charge is 0.378 e. The van der Waals surface area contributed by atoms with Gasteiger partial charge >= 0.3 is 0 Å². The fraction of sp³-hybridized carbons (Fsp3) is 0.125. The fourth-order valence-corrected chi connectivity index (χ4v) is 3.00. The van der Waals surface area contributed by atoms with E-state index in [4.69, 9.17) is 9.97 Å². The summed E-state index contributed by atoms with van der Waals surface area (Å²) >= 11 is 0. The predicted octanol–water partition coefficient (Wildman–Crippen LogP) is 4.96. The highest BCUT2D eigenvalue weighted by atomic mass is 15.1. The van der Waals surface area contributed by atoms with Crippen LogP contribution in [0, 0.1) is 0 Å². The minimum absolute atomic E-state index is 0.635. The molecule has 0 fully saturated rings. The number of pyridine rings is 1. The van der Waals surface area contributed by atoms with E-state index >= 15 is 0 Å². The van der Waals surface area contributed by atoms with Crippen molar-refractivity contribution in [2.45, 2.75) is 6.54 Å². The van der Waals surface area contributed by atoms with E-state index in [2.05, 4.69) is 32.7 Å². The quantitative estimate of drug-likeness (QED) is 0.460. The van der Waals surface area contributed by atoms with E-state index in [1.165, 1.54) is 0 Å². The van der Waals surface area contributed by atoms with E-state index in [-0.39, 0.29) is 0 Å². The smallest absolute Gasteiger partial charge is 0.163 e. The maximum atomic E-state index is 4.73. The van der Waals surface area contributed by atoms with Crippen molar-refractivity contribution in [2.24, 2.45) is 0 Å². The van der Waals surface area contributed by atoms with Gasteiger partial charge < -0.3 is 15.5 Å². The number of nitrogens with zero attached hydrogens (tertiary/aromatic N) is 4. The Morgan fingerprint density at radius 3 is 2.30 bits per heavy atom. The minimum atomic E-state index is 0.635. The maximum absolute atomic E-state index is 4.73. The first-order valence-electron chi connectivity index (χ1n) is 9.79. The van der Waals surface area contributed by atoms with E-state index in [1.807, 2.05) is 81.0 Å². The zero-order chi connectivity index (χ0) is 20.8. The van der Waals surface area contributed by atoms with Gasteiger partial charge in [-0.3, -0.25) is 4.98 Å². The fourth-order valence-electron chi connectivity index (χ4n) is 3.00. The van der Waals surface area contributed by atoms with Gasteiger partial charge in [-0.1, -0.05) is 36.4 Å². The van der Waals surface area contributed by atoms with Crippen LogP contribution in [0.3, 0.4) is 0 Å². The molecule has 0 aliphatic heterocycles. The van der Waals surface area contributed by atoms with Gasteiger partial charge in [-0.2, -0.15) is 0 Å². The van der Waals surface area contributed by atoms with Crippen molar-refractivity contribution in [3.8, 4) is 11.4 Å². The lowest BCUT2D eigenvalue weighted by Crippen LogP contribution is -2.08. The molecular weight excluding hydrogens is 372 g/mol. The van der Waals surface area contributed by atoms with Gasteiger partial charge in [-0.15, -0.1) is 0 Å². The molecule has 4 aromatic rings. The molecule has 6 heteroatoms. The molecule has 2 heterocycles. The van der Waals surface area contributed by atoms with Crippen LogP contribution in [0.2, 0.25) is 0 Å².